The first-order valence-corrected chi connectivity index (χ1v) is 10.3. The number of rotatable bonds is 8. The van der Waals surface area contributed by atoms with Crippen LogP contribution in [0, 0.1) is 0 Å². The second-order valence-electron chi connectivity index (χ2n) is 6.50. The average Bonchev–Trinajstić information content (AvgIpc) is 3.45. The van der Waals surface area contributed by atoms with E-state index in [0.29, 0.717) is 17.5 Å². The standard InChI is InChI=1S/C20H25NO2S/c1-2-17-8-10-18(11-9-17)16-21(19-12-13-19)14-15-24(22,23)20-6-4-3-5-7-20/h3-11,19H,2,12-16H2,1H3. The zero-order valence-electron chi connectivity index (χ0n) is 14.2. The minimum Gasteiger partial charge on any atom is -0.295 e. The highest BCUT2D eigenvalue weighted by Gasteiger charge is 2.30. The van der Waals surface area contributed by atoms with Gasteiger partial charge in [0, 0.05) is 19.1 Å². The van der Waals surface area contributed by atoms with E-state index in [1.54, 1.807) is 24.3 Å². The van der Waals surface area contributed by atoms with Gasteiger partial charge in [-0.1, -0.05) is 49.4 Å². The first kappa shape index (κ1) is 17.2. The molecule has 0 atom stereocenters. The van der Waals surface area contributed by atoms with Crippen LogP contribution in [0.4, 0.5) is 0 Å². The Morgan fingerprint density at radius 2 is 1.58 bits per heavy atom. The van der Waals surface area contributed by atoms with Crippen molar-refractivity contribution in [2.75, 3.05) is 12.3 Å². The number of benzene rings is 2. The fraction of sp³-hybridized carbons (Fsp3) is 0.400. The summed E-state index contributed by atoms with van der Waals surface area (Å²) in [7, 11) is -3.21. The van der Waals surface area contributed by atoms with Gasteiger partial charge in [-0.25, -0.2) is 8.42 Å². The zero-order valence-corrected chi connectivity index (χ0v) is 15.0. The lowest BCUT2D eigenvalue weighted by molar-refractivity contribution is 0.270. The summed E-state index contributed by atoms with van der Waals surface area (Å²) in [5.41, 5.74) is 2.60. The molecule has 3 nitrogen and oxygen atoms in total. The Hall–Kier alpha value is -1.65. The number of aryl methyl sites for hydroxylation is 1. The predicted octanol–water partition coefficient (Wildman–Crippen LogP) is 3.69. The first-order chi connectivity index (χ1) is 11.6. The lowest BCUT2D eigenvalue weighted by Gasteiger charge is -2.22. The molecule has 0 spiro atoms. The van der Waals surface area contributed by atoms with E-state index in [9.17, 15) is 8.42 Å². The molecule has 2 aromatic carbocycles. The zero-order chi connectivity index (χ0) is 17.0. The van der Waals surface area contributed by atoms with Crippen LogP contribution in [0.3, 0.4) is 0 Å². The van der Waals surface area contributed by atoms with Gasteiger partial charge in [0.05, 0.1) is 10.6 Å². The monoisotopic (exact) mass is 343 g/mol. The molecule has 0 aromatic heterocycles. The molecule has 0 radical (unpaired) electrons. The van der Waals surface area contributed by atoms with E-state index in [1.165, 1.54) is 24.0 Å². The first-order valence-electron chi connectivity index (χ1n) is 8.68. The highest BCUT2D eigenvalue weighted by atomic mass is 32.2. The van der Waals surface area contributed by atoms with Gasteiger partial charge in [0.2, 0.25) is 0 Å². The largest absolute Gasteiger partial charge is 0.295 e. The van der Waals surface area contributed by atoms with E-state index in [4.69, 9.17) is 0 Å². The van der Waals surface area contributed by atoms with Gasteiger partial charge >= 0.3 is 0 Å². The topological polar surface area (TPSA) is 37.4 Å². The van der Waals surface area contributed by atoms with Crippen molar-refractivity contribution in [1.82, 2.24) is 4.90 Å². The molecule has 128 valence electrons. The third kappa shape index (κ3) is 4.46. The van der Waals surface area contributed by atoms with Crippen LogP contribution >= 0.6 is 0 Å². The summed E-state index contributed by atoms with van der Waals surface area (Å²) in [6.45, 7) is 3.58. The van der Waals surface area contributed by atoms with Gasteiger partial charge in [-0.2, -0.15) is 0 Å². The lowest BCUT2D eigenvalue weighted by atomic mass is 10.1. The van der Waals surface area contributed by atoms with Gasteiger partial charge < -0.3 is 0 Å². The van der Waals surface area contributed by atoms with Crippen LogP contribution in [0.5, 0.6) is 0 Å². The molecule has 0 unspecified atom stereocenters. The van der Waals surface area contributed by atoms with E-state index in [0.717, 1.165) is 13.0 Å². The molecule has 0 N–H and O–H groups in total. The minimum atomic E-state index is -3.21. The summed E-state index contributed by atoms with van der Waals surface area (Å²) in [4.78, 5) is 2.74. The van der Waals surface area contributed by atoms with Crippen molar-refractivity contribution < 1.29 is 8.42 Å². The molecule has 4 heteroatoms. The Bertz CT molecular complexity index is 750. The SMILES string of the molecule is CCc1ccc(CN(CCS(=O)(=O)c2ccccc2)C2CC2)cc1. The van der Waals surface area contributed by atoms with Crippen molar-refractivity contribution in [1.29, 1.82) is 0 Å². The molecule has 1 aliphatic rings. The van der Waals surface area contributed by atoms with Crippen LogP contribution in [0.1, 0.15) is 30.9 Å². The molecule has 1 fully saturated rings. The molecule has 0 amide bonds. The second kappa shape index (κ2) is 7.49. The normalized spacial score (nSPS) is 14.9. The van der Waals surface area contributed by atoms with Crippen molar-refractivity contribution in [3.8, 4) is 0 Å². The predicted molar refractivity (Wildman–Crippen MR) is 97.7 cm³/mol. The summed E-state index contributed by atoms with van der Waals surface area (Å²) in [5, 5.41) is 0. The van der Waals surface area contributed by atoms with Crippen LogP contribution in [-0.4, -0.2) is 31.7 Å². The third-order valence-corrected chi connectivity index (χ3v) is 6.34. The Labute approximate surface area is 145 Å². The van der Waals surface area contributed by atoms with E-state index < -0.39 is 9.84 Å². The molecule has 0 saturated heterocycles. The van der Waals surface area contributed by atoms with Gasteiger partial charge in [-0.3, -0.25) is 4.90 Å². The Morgan fingerprint density at radius 3 is 2.17 bits per heavy atom. The van der Waals surface area contributed by atoms with Crippen molar-refractivity contribution in [2.24, 2.45) is 0 Å². The fourth-order valence-electron chi connectivity index (χ4n) is 2.93. The van der Waals surface area contributed by atoms with Gasteiger partial charge in [0.25, 0.3) is 0 Å². The van der Waals surface area contributed by atoms with Crippen LogP contribution in [0.2, 0.25) is 0 Å². The van der Waals surface area contributed by atoms with E-state index in [2.05, 4.69) is 36.1 Å². The van der Waals surface area contributed by atoms with Gasteiger partial charge in [-0.05, 0) is 42.5 Å². The average molecular weight is 343 g/mol. The number of hydrogen-bond donors (Lipinski definition) is 0. The van der Waals surface area contributed by atoms with Crippen LogP contribution in [-0.2, 0) is 22.8 Å². The molecule has 0 heterocycles. The van der Waals surface area contributed by atoms with Crippen LogP contribution in [0.15, 0.2) is 59.5 Å². The summed E-state index contributed by atoms with van der Waals surface area (Å²) >= 11 is 0. The van der Waals surface area contributed by atoms with E-state index in [-0.39, 0.29) is 5.75 Å². The third-order valence-electron chi connectivity index (χ3n) is 4.63. The van der Waals surface area contributed by atoms with Crippen molar-refractivity contribution >= 4 is 9.84 Å². The smallest absolute Gasteiger partial charge is 0.179 e. The maximum Gasteiger partial charge on any atom is 0.179 e. The number of sulfone groups is 1. The highest BCUT2D eigenvalue weighted by Crippen LogP contribution is 2.28. The van der Waals surface area contributed by atoms with E-state index in [1.807, 2.05) is 6.07 Å². The van der Waals surface area contributed by atoms with Crippen molar-refractivity contribution in [3.05, 3.63) is 65.7 Å². The minimum absolute atomic E-state index is 0.181. The second-order valence-corrected chi connectivity index (χ2v) is 8.61. The summed E-state index contributed by atoms with van der Waals surface area (Å²) < 4.78 is 25.0. The molecule has 0 bridgehead atoms. The Kier molecular flexibility index (Phi) is 5.36. The summed E-state index contributed by atoms with van der Waals surface area (Å²) in [6.07, 6.45) is 3.40. The van der Waals surface area contributed by atoms with Gasteiger partial charge in [-0.15, -0.1) is 0 Å². The maximum absolute atomic E-state index is 12.5. The van der Waals surface area contributed by atoms with Gasteiger partial charge in [0.15, 0.2) is 9.84 Å². The maximum atomic E-state index is 12.5. The van der Waals surface area contributed by atoms with Crippen LogP contribution < -0.4 is 0 Å². The van der Waals surface area contributed by atoms with Crippen LogP contribution in [0.25, 0.3) is 0 Å². The summed E-state index contributed by atoms with van der Waals surface area (Å²) in [6, 6.07) is 18.0. The number of hydrogen-bond acceptors (Lipinski definition) is 3. The molecule has 2 aromatic rings. The molecule has 0 aliphatic heterocycles. The molecule has 24 heavy (non-hydrogen) atoms. The highest BCUT2D eigenvalue weighted by molar-refractivity contribution is 7.91. The van der Waals surface area contributed by atoms with Gasteiger partial charge in [0.1, 0.15) is 0 Å². The molecule has 1 aliphatic carbocycles. The molecule has 3 rings (SSSR count). The Balaban J connectivity index is 1.64. The van der Waals surface area contributed by atoms with Crippen molar-refractivity contribution in [3.63, 3.8) is 0 Å². The van der Waals surface area contributed by atoms with E-state index >= 15 is 0 Å². The Morgan fingerprint density at radius 1 is 0.958 bits per heavy atom. The lowest BCUT2D eigenvalue weighted by Crippen LogP contribution is -2.31. The molecular weight excluding hydrogens is 318 g/mol. The fourth-order valence-corrected chi connectivity index (χ4v) is 4.21. The molecule has 1 saturated carbocycles. The quantitative estimate of drug-likeness (QED) is 0.734. The molecular formula is C20H25NO2S. The number of nitrogens with zero attached hydrogens (tertiary/aromatic N) is 1. The van der Waals surface area contributed by atoms with Crippen molar-refractivity contribution in [2.45, 2.75) is 43.7 Å². The summed E-state index contributed by atoms with van der Waals surface area (Å²) in [5.74, 6) is 0.181.